The molecule has 0 fully saturated rings. The Morgan fingerprint density at radius 1 is 0.970 bits per heavy atom. The van der Waals surface area contributed by atoms with Crippen LogP contribution < -0.4 is 9.26 Å². The summed E-state index contributed by atoms with van der Waals surface area (Å²) in [7, 11) is -4.01. The lowest BCUT2D eigenvalue weighted by Gasteiger charge is -2.20. The van der Waals surface area contributed by atoms with Crippen molar-refractivity contribution in [1.29, 1.82) is 0 Å². The van der Waals surface area contributed by atoms with Crippen molar-refractivity contribution < 1.29 is 38.3 Å². The fourth-order valence-corrected chi connectivity index (χ4v) is 5.14. The summed E-state index contributed by atoms with van der Waals surface area (Å²) < 4.78 is 43.3. The van der Waals surface area contributed by atoms with Crippen molar-refractivity contribution >= 4 is 41.2 Å². The number of methoxy groups -OCH3 is 1. The van der Waals surface area contributed by atoms with E-state index in [0.717, 1.165) is 16.9 Å². The van der Waals surface area contributed by atoms with Crippen LogP contribution in [0.3, 0.4) is 0 Å². The van der Waals surface area contributed by atoms with Crippen LogP contribution in [0.15, 0.2) is 53.6 Å². The number of hydrogen-bond donors (Lipinski definition) is 2. The quantitative estimate of drug-likeness (QED) is 0.156. The summed E-state index contributed by atoms with van der Waals surface area (Å²) in [6.07, 6.45) is 1.37. The van der Waals surface area contributed by atoms with Gasteiger partial charge in [0.25, 0.3) is 0 Å². The first kappa shape index (κ1) is 27.7. The van der Waals surface area contributed by atoms with E-state index in [1.54, 1.807) is 49.4 Å². The fraction of sp³-hybridized carbons (Fsp3) is 0.278. The summed E-state index contributed by atoms with van der Waals surface area (Å²) >= 11 is 5.45. The Morgan fingerprint density at radius 3 is 2.03 bits per heavy atom. The van der Waals surface area contributed by atoms with E-state index >= 15 is 0 Å². The third-order valence-corrected chi connectivity index (χ3v) is 8.12. The van der Waals surface area contributed by atoms with Crippen molar-refractivity contribution in [3.05, 3.63) is 59.7 Å². The van der Waals surface area contributed by atoms with Crippen LogP contribution in [0.25, 0.3) is 0 Å². The summed E-state index contributed by atoms with van der Waals surface area (Å²) in [6, 6.07) is 14.4. The maximum Gasteiger partial charge on any atom is 0.237 e. The average Bonchev–Trinajstić information content (AvgIpc) is 2.83. The van der Waals surface area contributed by atoms with Crippen LogP contribution in [0.4, 0.5) is 0 Å². The number of nitrogens with zero attached hydrogens (tertiary/aromatic N) is 3. The molecule has 3 unspecified atom stereocenters. The highest BCUT2D eigenvalue weighted by molar-refractivity contribution is 8.02. The Morgan fingerprint density at radius 2 is 1.52 bits per heavy atom. The number of benzene rings is 2. The first-order chi connectivity index (χ1) is 15.8. The molecule has 0 heterocycles. The average molecular weight is 537 g/mol. The molecule has 11 nitrogen and oxygen atoms in total. The van der Waals surface area contributed by atoms with Crippen LogP contribution in [0.5, 0.6) is 11.5 Å². The molecule has 2 aromatic rings. The monoisotopic (exact) mass is 537 g/mol. The molecule has 2 N–H and O–H groups in total. The predicted octanol–water partition coefficient (Wildman–Crippen LogP) is 4.19. The van der Waals surface area contributed by atoms with Crippen molar-refractivity contribution in [3.8, 4) is 11.5 Å². The van der Waals surface area contributed by atoms with Gasteiger partial charge >= 0.3 is 0 Å². The van der Waals surface area contributed by atoms with Gasteiger partial charge in [0.1, 0.15) is 11.5 Å². The van der Waals surface area contributed by atoms with E-state index in [-0.39, 0.29) is 19.1 Å². The van der Waals surface area contributed by atoms with Gasteiger partial charge in [-0.05, 0) is 59.3 Å². The van der Waals surface area contributed by atoms with Gasteiger partial charge in [-0.1, -0.05) is 12.1 Å². The second-order valence-corrected chi connectivity index (χ2v) is 11.5. The summed E-state index contributed by atoms with van der Waals surface area (Å²) in [5.74, 6) is 1.32. The van der Waals surface area contributed by atoms with Crippen LogP contribution in [0, 0.1) is 0 Å². The Hall–Kier alpha value is -1.58. The van der Waals surface area contributed by atoms with Crippen molar-refractivity contribution in [3.63, 3.8) is 0 Å². The lowest BCUT2D eigenvalue weighted by molar-refractivity contribution is -0.132. The van der Waals surface area contributed by atoms with Gasteiger partial charge in [0.2, 0.25) is 23.1 Å². The summed E-state index contributed by atoms with van der Waals surface area (Å²) in [5, 5.41) is 21.4. The molecule has 0 aliphatic rings. The van der Waals surface area contributed by atoms with E-state index in [9.17, 15) is 9.13 Å². The molecule has 0 bridgehead atoms. The third-order valence-electron chi connectivity index (χ3n) is 4.20. The number of rotatable bonds is 14. The van der Waals surface area contributed by atoms with Crippen LogP contribution >= 0.6 is 23.1 Å². The largest absolute Gasteiger partial charge is 0.497 e. The topological polar surface area (TPSA) is 130 Å². The molecule has 15 heteroatoms. The number of hydrazone groups is 1. The van der Waals surface area contributed by atoms with Crippen LogP contribution in [0.2, 0.25) is 0 Å². The smallest absolute Gasteiger partial charge is 0.237 e. The molecule has 0 saturated heterocycles. The molecule has 0 amide bonds. The van der Waals surface area contributed by atoms with Gasteiger partial charge in [-0.25, -0.2) is 15.3 Å². The van der Waals surface area contributed by atoms with Gasteiger partial charge in [0, 0.05) is 13.6 Å². The SMILES string of the molecule is COc1ccc(/C=N/N(C)[PH](=S)Oc2ccc(CN(C[PH](=O)OO)C[PH](=O)OO)cc2)cc1. The molecule has 0 aromatic heterocycles. The van der Waals surface area contributed by atoms with E-state index in [2.05, 4.69) is 14.5 Å². The first-order valence-electron chi connectivity index (χ1n) is 9.48. The van der Waals surface area contributed by atoms with Crippen molar-refractivity contribution in [2.75, 3.05) is 26.7 Å². The van der Waals surface area contributed by atoms with Crippen LogP contribution in [-0.2, 0) is 36.8 Å². The van der Waals surface area contributed by atoms with E-state index in [1.165, 1.54) is 4.90 Å². The molecule has 2 aromatic carbocycles. The summed E-state index contributed by atoms with van der Waals surface area (Å²) in [4.78, 5) is 1.48. The molecular weight excluding hydrogens is 511 g/mol. The maximum absolute atomic E-state index is 11.5. The third kappa shape index (κ3) is 10.1. The van der Waals surface area contributed by atoms with Crippen molar-refractivity contribution in [2.24, 2.45) is 5.10 Å². The highest BCUT2D eigenvalue weighted by atomic mass is 32.4. The Bertz CT molecular complexity index is 961. The minimum atomic E-state index is -2.75. The molecule has 0 radical (unpaired) electrons. The normalized spacial score (nSPS) is 14.2. The highest BCUT2D eigenvalue weighted by Gasteiger charge is 2.14. The Labute approximate surface area is 198 Å². The molecule has 182 valence electrons. The zero-order chi connectivity index (χ0) is 24.2. The van der Waals surface area contributed by atoms with Gasteiger partial charge < -0.3 is 9.26 Å². The maximum atomic E-state index is 11.5. The molecule has 0 aliphatic carbocycles. The lowest BCUT2D eigenvalue weighted by atomic mass is 10.2. The molecule has 2 rings (SSSR count). The number of hydrogen-bond acceptors (Lipinski definition) is 11. The van der Waals surface area contributed by atoms with E-state index in [1.807, 2.05) is 24.3 Å². The van der Waals surface area contributed by atoms with Crippen LogP contribution in [-0.4, -0.2) is 53.1 Å². The van der Waals surface area contributed by atoms with Gasteiger partial charge in [-0.15, -0.1) is 0 Å². The molecular formula is C18H26N3O8P3S. The first-order valence-corrected chi connectivity index (χ1v) is 15.0. The van der Waals surface area contributed by atoms with Gasteiger partial charge in [0.05, 0.1) is 25.9 Å². The molecule has 3 atom stereocenters. The van der Waals surface area contributed by atoms with Crippen LogP contribution in [0.1, 0.15) is 11.1 Å². The molecule has 0 aliphatic heterocycles. The second kappa shape index (κ2) is 14.6. The lowest BCUT2D eigenvalue weighted by Crippen LogP contribution is -2.22. The zero-order valence-corrected chi connectivity index (χ0v) is 21.7. The fourth-order valence-electron chi connectivity index (χ4n) is 2.57. The van der Waals surface area contributed by atoms with E-state index < -0.39 is 23.1 Å². The standard InChI is InChI=1S/C18H26N3O8P3S/c1-20(19-11-15-3-7-17(26-2)8-4-15)32(33)27-18-9-5-16(6-10-18)12-21(13-30(24)28-22)14-31(25)29-23/h3-11,22-23,30-32H,12-14H2,1-2H3/b19-11+. The van der Waals surface area contributed by atoms with Crippen molar-refractivity contribution in [1.82, 2.24) is 9.68 Å². The Balaban J connectivity index is 1.94. The van der Waals surface area contributed by atoms with Gasteiger partial charge in [0.15, 0.2) is 0 Å². The minimum absolute atomic E-state index is 0.157. The zero-order valence-electron chi connectivity index (χ0n) is 17.9. The van der Waals surface area contributed by atoms with E-state index in [0.29, 0.717) is 5.75 Å². The van der Waals surface area contributed by atoms with Crippen molar-refractivity contribution in [2.45, 2.75) is 6.54 Å². The molecule has 0 spiro atoms. The molecule has 33 heavy (non-hydrogen) atoms. The Kier molecular flexibility index (Phi) is 12.3. The number of ether oxygens (including phenoxy) is 1. The summed E-state index contributed by atoms with van der Waals surface area (Å²) in [5.41, 5.74) is 1.68. The van der Waals surface area contributed by atoms with Gasteiger partial charge in [-0.3, -0.25) is 14.0 Å². The summed E-state index contributed by atoms with van der Waals surface area (Å²) in [6.45, 7) is 0.234. The highest BCUT2D eigenvalue weighted by Crippen LogP contribution is 2.32. The second-order valence-electron chi connectivity index (χ2n) is 6.63. The minimum Gasteiger partial charge on any atom is -0.497 e. The van der Waals surface area contributed by atoms with E-state index in [4.69, 9.17) is 31.6 Å². The molecule has 0 saturated carbocycles. The predicted molar refractivity (Wildman–Crippen MR) is 132 cm³/mol. The van der Waals surface area contributed by atoms with Gasteiger partial charge in [-0.2, -0.15) is 14.5 Å².